The molecule has 1 amide bonds. The number of nitrogens with one attached hydrogen (secondary N) is 1. The number of amides is 1. The van der Waals surface area contributed by atoms with Gasteiger partial charge in [-0.3, -0.25) is 19.2 Å². The van der Waals surface area contributed by atoms with Crippen LogP contribution in [0.3, 0.4) is 0 Å². The first kappa shape index (κ1) is 21.2. The average molecular weight is 438 g/mol. The first-order chi connectivity index (χ1) is 15.5. The Hall–Kier alpha value is -2.71. The summed E-state index contributed by atoms with van der Waals surface area (Å²) in [5.74, 6) is 0.0588. The van der Waals surface area contributed by atoms with E-state index in [-0.39, 0.29) is 17.5 Å². The van der Waals surface area contributed by atoms with Gasteiger partial charge in [0.1, 0.15) is 0 Å². The number of aromatic amines is 1. The van der Waals surface area contributed by atoms with Gasteiger partial charge >= 0.3 is 0 Å². The second-order valence-electron chi connectivity index (χ2n) is 9.09. The molecule has 0 saturated carbocycles. The molecular weight excluding hydrogens is 406 g/mol. The van der Waals surface area contributed by atoms with Crippen LogP contribution in [-0.4, -0.2) is 75.9 Å². The molecule has 2 saturated heterocycles. The zero-order chi connectivity index (χ0) is 22.4. The van der Waals surface area contributed by atoms with Crippen molar-refractivity contribution in [3.05, 3.63) is 39.8 Å². The number of nitrogens with zero attached hydrogens (tertiary/aromatic N) is 4. The molecule has 2 aliphatic rings. The van der Waals surface area contributed by atoms with Crippen molar-refractivity contribution in [3.63, 3.8) is 0 Å². The molecule has 0 radical (unpaired) electrons. The quantitative estimate of drug-likeness (QED) is 0.681. The zero-order valence-corrected chi connectivity index (χ0v) is 19.1. The van der Waals surface area contributed by atoms with Crippen molar-refractivity contribution in [3.8, 4) is 0 Å². The Labute approximate surface area is 187 Å². The fourth-order valence-electron chi connectivity index (χ4n) is 5.25. The molecular formula is C24H31N5O3. The van der Waals surface area contributed by atoms with E-state index in [0.717, 1.165) is 61.0 Å². The SMILES string of the molecule is CCN1CCN(C(=O)c2cc3c(cc2C)[nH]c(=O)c2cnn(C4CCOCC4)c23)CC1C. The predicted molar refractivity (Wildman–Crippen MR) is 124 cm³/mol. The van der Waals surface area contributed by atoms with Gasteiger partial charge in [-0.15, -0.1) is 0 Å². The molecule has 0 aliphatic carbocycles. The molecule has 0 bridgehead atoms. The Morgan fingerprint density at radius 1 is 1.22 bits per heavy atom. The van der Waals surface area contributed by atoms with E-state index in [1.54, 1.807) is 6.20 Å². The van der Waals surface area contributed by atoms with Crippen molar-refractivity contribution in [2.45, 2.75) is 45.7 Å². The van der Waals surface area contributed by atoms with Crippen molar-refractivity contribution >= 4 is 27.7 Å². The van der Waals surface area contributed by atoms with Crippen LogP contribution < -0.4 is 5.56 Å². The molecule has 1 aromatic carbocycles. The van der Waals surface area contributed by atoms with Crippen molar-refractivity contribution < 1.29 is 9.53 Å². The number of carbonyl (C=O) groups excluding carboxylic acids is 1. The van der Waals surface area contributed by atoms with Crippen LogP contribution in [0.2, 0.25) is 0 Å². The number of pyridine rings is 1. The third kappa shape index (κ3) is 3.51. The maximum Gasteiger partial charge on any atom is 0.259 e. The molecule has 1 unspecified atom stereocenters. The van der Waals surface area contributed by atoms with Crippen molar-refractivity contribution in [1.82, 2.24) is 24.6 Å². The van der Waals surface area contributed by atoms with E-state index in [2.05, 4.69) is 28.8 Å². The highest BCUT2D eigenvalue weighted by Crippen LogP contribution is 2.30. The lowest BCUT2D eigenvalue weighted by Gasteiger charge is -2.39. The van der Waals surface area contributed by atoms with E-state index >= 15 is 0 Å². The fourth-order valence-corrected chi connectivity index (χ4v) is 5.25. The lowest BCUT2D eigenvalue weighted by Crippen LogP contribution is -2.53. The number of aromatic nitrogens is 3. The van der Waals surface area contributed by atoms with Crippen LogP contribution >= 0.6 is 0 Å². The predicted octanol–water partition coefficient (Wildman–Crippen LogP) is 2.70. The molecule has 2 aromatic heterocycles. The summed E-state index contributed by atoms with van der Waals surface area (Å²) in [6, 6.07) is 4.42. The fraction of sp³-hybridized carbons (Fsp3) is 0.542. The lowest BCUT2D eigenvalue weighted by molar-refractivity contribution is 0.0528. The maximum absolute atomic E-state index is 13.5. The number of hydrogen-bond donors (Lipinski definition) is 1. The molecule has 3 aromatic rings. The van der Waals surface area contributed by atoms with E-state index in [4.69, 9.17) is 4.74 Å². The molecule has 32 heavy (non-hydrogen) atoms. The second kappa shape index (κ2) is 8.33. The van der Waals surface area contributed by atoms with Gasteiger partial charge < -0.3 is 14.6 Å². The first-order valence-corrected chi connectivity index (χ1v) is 11.6. The van der Waals surface area contributed by atoms with Gasteiger partial charge in [0.25, 0.3) is 11.5 Å². The maximum atomic E-state index is 13.5. The van der Waals surface area contributed by atoms with Gasteiger partial charge in [-0.05, 0) is 50.9 Å². The molecule has 8 nitrogen and oxygen atoms in total. The lowest BCUT2D eigenvalue weighted by atomic mass is 10.0. The minimum Gasteiger partial charge on any atom is -0.381 e. The molecule has 4 heterocycles. The number of fused-ring (bicyclic) bond motifs is 3. The third-order valence-corrected chi connectivity index (χ3v) is 7.13. The van der Waals surface area contributed by atoms with Gasteiger partial charge in [-0.1, -0.05) is 6.92 Å². The van der Waals surface area contributed by atoms with E-state index in [1.165, 1.54) is 0 Å². The number of rotatable bonds is 3. The van der Waals surface area contributed by atoms with Crippen LogP contribution in [0.4, 0.5) is 0 Å². The van der Waals surface area contributed by atoms with E-state index in [1.807, 2.05) is 28.6 Å². The Kier molecular flexibility index (Phi) is 5.51. The summed E-state index contributed by atoms with van der Waals surface area (Å²) in [7, 11) is 0. The van der Waals surface area contributed by atoms with Gasteiger partial charge in [0.15, 0.2) is 0 Å². The molecule has 2 aliphatic heterocycles. The van der Waals surface area contributed by atoms with E-state index in [0.29, 0.717) is 30.2 Å². The smallest absolute Gasteiger partial charge is 0.259 e. The van der Waals surface area contributed by atoms with E-state index in [9.17, 15) is 9.59 Å². The van der Waals surface area contributed by atoms with Crippen molar-refractivity contribution in [2.24, 2.45) is 0 Å². The number of likely N-dealkylation sites (N-methyl/N-ethyl adjacent to an activating group) is 1. The molecule has 1 N–H and O–H groups in total. The van der Waals surface area contributed by atoms with Crippen LogP contribution in [0, 0.1) is 6.92 Å². The first-order valence-electron chi connectivity index (χ1n) is 11.6. The number of hydrogen-bond acceptors (Lipinski definition) is 5. The monoisotopic (exact) mass is 437 g/mol. The van der Waals surface area contributed by atoms with Crippen LogP contribution in [0.25, 0.3) is 21.8 Å². The minimum atomic E-state index is -0.145. The Balaban J connectivity index is 1.60. The third-order valence-electron chi connectivity index (χ3n) is 7.13. The summed E-state index contributed by atoms with van der Waals surface area (Å²) in [5.41, 5.74) is 2.99. The van der Waals surface area contributed by atoms with Crippen LogP contribution in [0.15, 0.2) is 23.1 Å². The zero-order valence-electron chi connectivity index (χ0n) is 19.1. The second-order valence-corrected chi connectivity index (χ2v) is 9.09. The molecule has 1 atom stereocenters. The Bertz CT molecular complexity index is 1220. The summed E-state index contributed by atoms with van der Waals surface area (Å²) >= 11 is 0. The molecule has 0 spiro atoms. The molecule has 5 rings (SSSR count). The van der Waals surface area contributed by atoms with Gasteiger partial charge in [0.2, 0.25) is 0 Å². The topological polar surface area (TPSA) is 83.5 Å². The van der Waals surface area contributed by atoms with Crippen LogP contribution in [-0.2, 0) is 4.74 Å². The average Bonchev–Trinajstić information content (AvgIpc) is 3.25. The number of ether oxygens (including phenoxy) is 1. The molecule has 2 fully saturated rings. The van der Waals surface area contributed by atoms with Crippen molar-refractivity contribution in [1.29, 1.82) is 0 Å². The van der Waals surface area contributed by atoms with Gasteiger partial charge in [-0.2, -0.15) is 5.10 Å². The highest BCUT2D eigenvalue weighted by Gasteiger charge is 2.28. The Morgan fingerprint density at radius 2 is 2.00 bits per heavy atom. The Morgan fingerprint density at radius 3 is 2.72 bits per heavy atom. The number of benzene rings is 1. The number of piperazine rings is 1. The minimum absolute atomic E-state index is 0.0588. The number of carbonyl (C=O) groups is 1. The largest absolute Gasteiger partial charge is 0.381 e. The van der Waals surface area contributed by atoms with E-state index < -0.39 is 0 Å². The van der Waals surface area contributed by atoms with Gasteiger partial charge in [-0.25, -0.2) is 0 Å². The number of aryl methyl sites for hydroxylation is 1. The van der Waals surface area contributed by atoms with Crippen LogP contribution in [0.1, 0.15) is 48.7 Å². The standard InChI is InChI=1S/C24H31N5O3/c1-4-27-7-8-28(14-16(27)3)24(31)18-12-19-21(11-15(18)2)26-23(30)20-13-25-29(22(19)20)17-5-9-32-10-6-17/h11-13,16-17H,4-10,14H2,1-3H3,(H,26,30). The molecule has 8 heteroatoms. The summed E-state index contributed by atoms with van der Waals surface area (Å²) in [5, 5.41) is 6.02. The molecule has 170 valence electrons. The van der Waals surface area contributed by atoms with Gasteiger partial charge in [0.05, 0.1) is 28.7 Å². The normalized spacial score (nSPS) is 21.0. The highest BCUT2D eigenvalue weighted by atomic mass is 16.5. The van der Waals surface area contributed by atoms with Crippen LogP contribution in [0.5, 0.6) is 0 Å². The summed E-state index contributed by atoms with van der Waals surface area (Å²) in [4.78, 5) is 33.6. The van der Waals surface area contributed by atoms with Crippen molar-refractivity contribution in [2.75, 3.05) is 39.4 Å². The summed E-state index contributed by atoms with van der Waals surface area (Å²) in [6.45, 7) is 11.0. The van der Waals surface area contributed by atoms with Gasteiger partial charge in [0, 0.05) is 49.8 Å². The highest BCUT2D eigenvalue weighted by molar-refractivity contribution is 6.07. The number of H-pyrrole nitrogens is 1. The summed E-state index contributed by atoms with van der Waals surface area (Å²) in [6.07, 6.45) is 3.38. The summed E-state index contributed by atoms with van der Waals surface area (Å²) < 4.78 is 7.49.